The lowest BCUT2D eigenvalue weighted by molar-refractivity contribution is -0.187. The van der Waals surface area contributed by atoms with Crippen molar-refractivity contribution in [2.24, 2.45) is 0 Å². The molecule has 1 saturated heterocycles. The van der Waals surface area contributed by atoms with Gasteiger partial charge >= 0.3 is 11.9 Å². The third kappa shape index (κ3) is 3.28. The smallest absolute Gasteiger partial charge is 0.386 e. The first-order chi connectivity index (χ1) is 16.2. The van der Waals surface area contributed by atoms with Crippen LogP contribution in [0.3, 0.4) is 0 Å². The van der Waals surface area contributed by atoms with Gasteiger partial charge in [0.15, 0.2) is 6.79 Å². The molecule has 3 aromatic carbocycles. The van der Waals surface area contributed by atoms with Crippen molar-refractivity contribution in [3.8, 4) is 5.75 Å². The van der Waals surface area contributed by atoms with Gasteiger partial charge < -0.3 is 14.2 Å². The summed E-state index contributed by atoms with van der Waals surface area (Å²) in [5.41, 5.74) is 3.91. The van der Waals surface area contributed by atoms with E-state index in [0.717, 1.165) is 22.4 Å². The maximum Gasteiger partial charge on any atom is 0.386 e. The number of hydrogen-bond acceptors (Lipinski definition) is 7. The lowest BCUT2D eigenvalue weighted by atomic mass is 9.70. The topological polar surface area (TPSA) is 80.3 Å². The first-order valence-electron chi connectivity index (χ1n) is 10.8. The lowest BCUT2D eigenvalue weighted by Gasteiger charge is -2.33. The van der Waals surface area contributed by atoms with Gasteiger partial charge in [0.05, 0.1) is 29.9 Å². The molecule has 3 aliphatic carbocycles. The van der Waals surface area contributed by atoms with Gasteiger partial charge in [-0.3, -0.25) is 0 Å². The summed E-state index contributed by atoms with van der Waals surface area (Å²) in [6.07, 6.45) is -0.154. The molecule has 0 aromatic heterocycles. The molecule has 4 unspecified atom stereocenters. The largest absolute Gasteiger partial charge is 0.468 e. The van der Waals surface area contributed by atoms with Crippen LogP contribution in [0.1, 0.15) is 55.3 Å². The molecule has 1 fully saturated rings. The minimum atomic E-state index is -0.718. The van der Waals surface area contributed by atoms with Crippen LogP contribution in [0.2, 0.25) is 0 Å². The summed E-state index contributed by atoms with van der Waals surface area (Å²) in [6.45, 7) is 0.553. The molecule has 7 nitrogen and oxygen atoms in total. The zero-order valence-corrected chi connectivity index (χ0v) is 17.5. The van der Waals surface area contributed by atoms with Crippen LogP contribution in [0, 0.1) is 0 Å². The standard InChI is InChI=1S/C26H20O7/c27-25(15-7-3-1-4-8-15)32-33-26(28)18-12-11-17-20-21(18)23-22(20)19(31-24(17)23)13-29-14-30-16-9-5-2-6-10-16/h1-12,19,22-24H,13-14H2. The molecule has 1 heterocycles. The summed E-state index contributed by atoms with van der Waals surface area (Å²) in [4.78, 5) is 34.3. The highest BCUT2D eigenvalue weighted by Crippen LogP contribution is 2.71. The summed E-state index contributed by atoms with van der Waals surface area (Å²) < 4.78 is 17.5. The maximum atomic E-state index is 12.6. The van der Waals surface area contributed by atoms with E-state index in [1.165, 1.54) is 0 Å². The first kappa shape index (κ1) is 20.0. The van der Waals surface area contributed by atoms with Crippen LogP contribution in [-0.4, -0.2) is 31.4 Å². The van der Waals surface area contributed by atoms with E-state index in [1.807, 2.05) is 36.4 Å². The Kier molecular flexibility index (Phi) is 4.86. The van der Waals surface area contributed by atoms with Crippen molar-refractivity contribution in [1.82, 2.24) is 0 Å². The zero-order valence-electron chi connectivity index (χ0n) is 17.5. The number of carbonyl (C=O) groups excluding carboxylic acids is 2. The van der Waals surface area contributed by atoms with Crippen molar-refractivity contribution in [2.75, 3.05) is 13.4 Å². The number of para-hydroxylation sites is 1. The summed E-state index contributed by atoms with van der Waals surface area (Å²) >= 11 is 0. The van der Waals surface area contributed by atoms with Gasteiger partial charge in [0.25, 0.3) is 0 Å². The van der Waals surface area contributed by atoms with Crippen LogP contribution in [0.4, 0.5) is 0 Å². The van der Waals surface area contributed by atoms with Crippen LogP contribution in [-0.2, 0) is 19.2 Å². The molecule has 6 bridgehead atoms. The van der Waals surface area contributed by atoms with E-state index in [1.54, 1.807) is 36.4 Å². The average molecular weight is 444 g/mol. The van der Waals surface area contributed by atoms with Crippen LogP contribution < -0.4 is 4.74 Å². The summed E-state index contributed by atoms with van der Waals surface area (Å²) in [6, 6.07) is 21.5. The summed E-state index contributed by atoms with van der Waals surface area (Å²) in [5.74, 6) is -0.362. The highest BCUT2D eigenvalue weighted by atomic mass is 17.2. The molecule has 0 N–H and O–H groups in total. The fourth-order valence-electron chi connectivity index (χ4n) is 5.13. The highest BCUT2D eigenvalue weighted by molar-refractivity contribution is 5.95. The predicted molar refractivity (Wildman–Crippen MR) is 115 cm³/mol. The molecular formula is C26H20O7. The quantitative estimate of drug-likeness (QED) is 0.233. The van der Waals surface area contributed by atoms with E-state index >= 15 is 0 Å². The molecule has 0 spiro atoms. The normalized spacial score (nSPS) is 23.0. The molecule has 4 atom stereocenters. The Morgan fingerprint density at radius 2 is 1.52 bits per heavy atom. The van der Waals surface area contributed by atoms with Crippen LogP contribution >= 0.6 is 0 Å². The number of hydrogen-bond donors (Lipinski definition) is 0. The van der Waals surface area contributed by atoms with Gasteiger partial charge in [-0.2, -0.15) is 0 Å². The Hall–Kier alpha value is -3.68. The van der Waals surface area contributed by atoms with E-state index in [-0.39, 0.29) is 30.8 Å². The summed E-state index contributed by atoms with van der Waals surface area (Å²) in [7, 11) is 0. The van der Waals surface area contributed by atoms with Crippen molar-refractivity contribution in [2.45, 2.75) is 24.0 Å². The van der Waals surface area contributed by atoms with E-state index in [2.05, 4.69) is 0 Å². The average Bonchev–Trinajstić information content (AvgIpc) is 3.41. The molecule has 33 heavy (non-hydrogen) atoms. The van der Waals surface area contributed by atoms with Gasteiger partial charge in [0, 0.05) is 11.8 Å². The second-order valence-electron chi connectivity index (χ2n) is 8.23. The number of rotatable bonds is 7. The molecule has 0 amide bonds. The van der Waals surface area contributed by atoms with Crippen molar-refractivity contribution < 1.29 is 33.6 Å². The molecular weight excluding hydrogens is 424 g/mol. The second-order valence-corrected chi connectivity index (χ2v) is 8.23. The molecule has 0 saturated carbocycles. The Bertz CT molecular complexity index is 1210. The van der Waals surface area contributed by atoms with Crippen molar-refractivity contribution in [3.63, 3.8) is 0 Å². The van der Waals surface area contributed by atoms with Gasteiger partial charge in [-0.25, -0.2) is 19.4 Å². The van der Waals surface area contributed by atoms with Gasteiger partial charge in [-0.15, -0.1) is 0 Å². The van der Waals surface area contributed by atoms with E-state index in [4.69, 9.17) is 24.0 Å². The Labute approximate surface area is 189 Å². The van der Waals surface area contributed by atoms with Crippen molar-refractivity contribution in [3.05, 3.63) is 101 Å². The minimum Gasteiger partial charge on any atom is -0.468 e. The lowest BCUT2D eigenvalue weighted by Crippen LogP contribution is -2.31. The SMILES string of the molecule is O=C(OOC(=O)c1ccc2c3c1C1C2OC(COCOc2ccccc2)C31)c1ccccc1. The van der Waals surface area contributed by atoms with E-state index in [0.29, 0.717) is 17.7 Å². The maximum absolute atomic E-state index is 12.6. The van der Waals surface area contributed by atoms with Crippen LogP contribution in [0.5, 0.6) is 5.75 Å². The Balaban J connectivity index is 1.07. The molecule has 7 rings (SSSR count). The molecule has 1 aliphatic heterocycles. The molecule has 4 aliphatic rings. The molecule has 0 radical (unpaired) electrons. The fourth-order valence-corrected chi connectivity index (χ4v) is 5.13. The Morgan fingerprint density at radius 1 is 0.788 bits per heavy atom. The number of carbonyl (C=O) groups is 2. The van der Waals surface area contributed by atoms with Crippen LogP contribution in [0.25, 0.3) is 0 Å². The number of benzene rings is 3. The molecule has 7 heteroatoms. The van der Waals surface area contributed by atoms with Gasteiger partial charge in [-0.1, -0.05) is 42.5 Å². The van der Waals surface area contributed by atoms with Crippen molar-refractivity contribution >= 4 is 11.9 Å². The number of ether oxygens (including phenoxy) is 3. The summed E-state index contributed by atoms with van der Waals surface area (Å²) in [5, 5.41) is 0. The zero-order chi connectivity index (χ0) is 22.4. The van der Waals surface area contributed by atoms with E-state index < -0.39 is 11.9 Å². The van der Waals surface area contributed by atoms with Gasteiger partial charge in [-0.05, 0) is 47.0 Å². The predicted octanol–water partition coefficient (Wildman–Crippen LogP) is 4.30. The monoisotopic (exact) mass is 444 g/mol. The second kappa shape index (κ2) is 8.03. The van der Waals surface area contributed by atoms with E-state index in [9.17, 15) is 9.59 Å². The first-order valence-corrected chi connectivity index (χ1v) is 10.8. The fraction of sp³-hybridized carbons (Fsp3) is 0.231. The van der Waals surface area contributed by atoms with Gasteiger partial charge in [0.1, 0.15) is 5.75 Å². The van der Waals surface area contributed by atoms with Crippen LogP contribution in [0.15, 0.2) is 72.8 Å². The highest BCUT2D eigenvalue weighted by Gasteiger charge is 2.63. The molecule has 3 aromatic rings. The third-order valence-corrected chi connectivity index (χ3v) is 6.49. The molecule has 166 valence electrons. The third-order valence-electron chi connectivity index (χ3n) is 6.49. The Morgan fingerprint density at radius 3 is 2.30 bits per heavy atom. The minimum absolute atomic E-state index is 0.0722. The van der Waals surface area contributed by atoms with Gasteiger partial charge in [0.2, 0.25) is 0 Å². The van der Waals surface area contributed by atoms with Crippen molar-refractivity contribution in [1.29, 1.82) is 0 Å².